The first-order valence-electron chi connectivity index (χ1n) is 9.38. The fourth-order valence-electron chi connectivity index (χ4n) is 2.63. The zero-order chi connectivity index (χ0) is 19.4. The molecule has 0 aliphatic carbocycles. The number of halogens is 1. The van der Waals surface area contributed by atoms with Gasteiger partial charge < -0.3 is 9.47 Å². The Balaban J connectivity index is 1.73. The van der Waals surface area contributed by atoms with Crippen molar-refractivity contribution in [3.8, 4) is 11.5 Å². The minimum absolute atomic E-state index is 0.493. The van der Waals surface area contributed by atoms with E-state index in [-0.39, 0.29) is 0 Å². The summed E-state index contributed by atoms with van der Waals surface area (Å²) in [6, 6.07) is 26.2. The molecule has 0 N–H and O–H groups in total. The molecule has 0 amide bonds. The molecule has 144 valence electrons. The van der Waals surface area contributed by atoms with Gasteiger partial charge >= 0.3 is 0 Å². The number of benzene rings is 3. The van der Waals surface area contributed by atoms with Gasteiger partial charge in [0.2, 0.25) is 0 Å². The molecular weight excluding hydrogens is 414 g/mol. The smallest absolute Gasteiger partial charge is 0.162 e. The fourth-order valence-corrected chi connectivity index (χ4v) is 2.88. The van der Waals surface area contributed by atoms with Crippen LogP contribution in [0.15, 0.2) is 83.9 Å². The Labute approximate surface area is 175 Å². The predicted octanol–water partition coefficient (Wildman–Crippen LogP) is 6.05. The van der Waals surface area contributed by atoms with Crippen LogP contribution in [0, 0.1) is 0 Å². The lowest BCUT2D eigenvalue weighted by Crippen LogP contribution is -2.01. The minimum atomic E-state index is 0.493. The molecule has 0 atom stereocenters. The van der Waals surface area contributed by atoms with Gasteiger partial charge in [-0.2, -0.15) is 0 Å². The maximum absolute atomic E-state index is 6.09. The highest BCUT2D eigenvalue weighted by Crippen LogP contribution is 2.29. The van der Waals surface area contributed by atoms with Crippen LogP contribution in [-0.2, 0) is 13.2 Å². The third kappa shape index (κ3) is 6.54. The molecule has 4 heteroatoms. The van der Waals surface area contributed by atoms with E-state index in [9.17, 15) is 0 Å². The van der Waals surface area contributed by atoms with Gasteiger partial charge in [0.05, 0.1) is 0 Å². The van der Waals surface area contributed by atoms with Gasteiger partial charge in [-0.1, -0.05) is 76.6 Å². The van der Waals surface area contributed by atoms with E-state index in [1.165, 1.54) is 0 Å². The summed E-state index contributed by atoms with van der Waals surface area (Å²) in [6.45, 7) is 1.80. The van der Waals surface area contributed by atoms with Gasteiger partial charge in [-0.3, -0.25) is 4.99 Å². The molecule has 0 unspecified atom stereocenters. The molecule has 0 saturated heterocycles. The van der Waals surface area contributed by atoms with Gasteiger partial charge in [-0.05, 0) is 41.3 Å². The van der Waals surface area contributed by atoms with Crippen LogP contribution in [0.2, 0.25) is 0 Å². The number of aliphatic imine (C=N–C) groups is 1. The Hall–Kier alpha value is -2.59. The van der Waals surface area contributed by atoms with Crippen LogP contribution >= 0.6 is 15.9 Å². The van der Waals surface area contributed by atoms with Crippen molar-refractivity contribution < 1.29 is 9.47 Å². The monoisotopic (exact) mass is 437 g/mol. The maximum atomic E-state index is 6.09. The average molecular weight is 438 g/mol. The van der Waals surface area contributed by atoms with E-state index in [1.807, 2.05) is 60.8 Å². The summed E-state index contributed by atoms with van der Waals surface area (Å²) in [5.74, 6) is 1.46. The van der Waals surface area contributed by atoms with E-state index in [0.717, 1.165) is 46.5 Å². The number of alkyl halides is 1. The summed E-state index contributed by atoms with van der Waals surface area (Å²) in [5, 5.41) is 0.960. The molecule has 3 rings (SSSR count). The van der Waals surface area contributed by atoms with Gasteiger partial charge in [-0.15, -0.1) is 0 Å². The van der Waals surface area contributed by atoms with Gasteiger partial charge in [0.15, 0.2) is 11.5 Å². The van der Waals surface area contributed by atoms with Gasteiger partial charge in [-0.25, -0.2) is 0 Å². The highest BCUT2D eigenvalue weighted by Gasteiger charge is 2.08. The molecule has 0 saturated carbocycles. The summed E-state index contributed by atoms with van der Waals surface area (Å²) < 4.78 is 12.1. The summed E-state index contributed by atoms with van der Waals surface area (Å²) >= 11 is 3.43. The van der Waals surface area contributed by atoms with Crippen LogP contribution < -0.4 is 9.47 Å². The van der Waals surface area contributed by atoms with Crippen LogP contribution in [0.3, 0.4) is 0 Å². The third-order valence-electron chi connectivity index (χ3n) is 4.10. The van der Waals surface area contributed by atoms with Crippen molar-refractivity contribution in [1.82, 2.24) is 0 Å². The molecule has 0 aromatic heterocycles. The minimum Gasteiger partial charge on any atom is -0.485 e. The van der Waals surface area contributed by atoms with Crippen LogP contribution in [0.25, 0.3) is 0 Å². The van der Waals surface area contributed by atoms with Crippen molar-refractivity contribution in [3.63, 3.8) is 0 Å². The lowest BCUT2D eigenvalue weighted by atomic mass is 10.2. The van der Waals surface area contributed by atoms with Crippen molar-refractivity contribution in [2.45, 2.75) is 19.6 Å². The lowest BCUT2D eigenvalue weighted by Gasteiger charge is -2.14. The van der Waals surface area contributed by atoms with Crippen LogP contribution in [0.1, 0.15) is 23.1 Å². The second kappa shape index (κ2) is 11.3. The SMILES string of the molecule is BrCCCN=Cc1ccc(OCc2ccccc2)c(OCc2ccccc2)c1. The second-order valence-electron chi connectivity index (χ2n) is 6.33. The Kier molecular flexibility index (Phi) is 8.13. The summed E-state index contributed by atoms with van der Waals surface area (Å²) in [5.41, 5.74) is 3.24. The normalized spacial score (nSPS) is 10.9. The predicted molar refractivity (Wildman–Crippen MR) is 119 cm³/mol. The van der Waals surface area contributed by atoms with Gasteiger partial charge in [0.25, 0.3) is 0 Å². The molecule has 0 aliphatic heterocycles. The molecule has 3 nitrogen and oxygen atoms in total. The average Bonchev–Trinajstić information content (AvgIpc) is 2.76. The van der Waals surface area contributed by atoms with E-state index in [0.29, 0.717) is 13.2 Å². The highest BCUT2D eigenvalue weighted by molar-refractivity contribution is 9.09. The Morgan fingerprint density at radius 3 is 1.96 bits per heavy atom. The fraction of sp³-hybridized carbons (Fsp3) is 0.208. The first-order chi connectivity index (χ1) is 13.8. The third-order valence-corrected chi connectivity index (χ3v) is 4.66. The number of rotatable bonds is 10. The van der Waals surface area contributed by atoms with Crippen molar-refractivity contribution in [3.05, 3.63) is 95.6 Å². The van der Waals surface area contributed by atoms with E-state index in [1.54, 1.807) is 0 Å². The Morgan fingerprint density at radius 1 is 0.750 bits per heavy atom. The molecule has 0 radical (unpaired) electrons. The summed E-state index contributed by atoms with van der Waals surface area (Å²) in [6.07, 6.45) is 2.91. The zero-order valence-electron chi connectivity index (χ0n) is 15.8. The molecule has 0 bridgehead atoms. The van der Waals surface area contributed by atoms with Crippen molar-refractivity contribution in [2.75, 3.05) is 11.9 Å². The molecular formula is C24H24BrNO2. The van der Waals surface area contributed by atoms with Crippen LogP contribution in [-0.4, -0.2) is 18.1 Å². The molecule has 3 aromatic carbocycles. The van der Waals surface area contributed by atoms with Gasteiger partial charge in [0, 0.05) is 18.1 Å². The zero-order valence-corrected chi connectivity index (χ0v) is 17.3. The summed E-state index contributed by atoms with van der Waals surface area (Å²) in [4.78, 5) is 4.46. The molecule has 0 aliphatic rings. The number of hydrogen-bond acceptors (Lipinski definition) is 3. The summed E-state index contributed by atoms with van der Waals surface area (Å²) in [7, 11) is 0. The quantitative estimate of drug-likeness (QED) is 0.219. The Morgan fingerprint density at radius 2 is 1.36 bits per heavy atom. The molecule has 0 heterocycles. The maximum Gasteiger partial charge on any atom is 0.162 e. The standard InChI is InChI=1S/C24H24BrNO2/c25-14-7-15-26-17-22-12-13-23(27-18-20-8-3-1-4-9-20)24(16-22)28-19-21-10-5-2-6-11-21/h1-6,8-13,16-17H,7,14-15,18-19H2. The largest absolute Gasteiger partial charge is 0.485 e. The van der Waals surface area contributed by atoms with E-state index in [4.69, 9.17) is 9.47 Å². The van der Waals surface area contributed by atoms with E-state index < -0.39 is 0 Å². The number of hydrogen-bond donors (Lipinski definition) is 0. The molecule has 0 spiro atoms. The highest BCUT2D eigenvalue weighted by atomic mass is 79.9. The first kappa shape index (κ1) is 20.2. The van der Waals surface area contributed by atoms with Crippen LogP contribution in [0.4, 0.5) is 0 Å². The van der Waals surface area contributed by atoms with Crippen molar-refractivity contribution >= 4 is 22.1 Å². The molecule has 0 fully saturated rings. The lowest BCUT2D eigenvalue weighted by molar-refractivity contribution is 0.256. The van der Waals surface area contributed by atoms with Crippen LogP contribution in [0.5, 0.6) is 11.5 Å². The molecule has 3 aromatic rings. The topological polar surface area (TPSA) is 30.8 Å². The first-order valence-corrected chi connectivity index (χ1v) is 10.5. The number of ether oxygens (including phenoxy) is 2. The van der Waals surface area contributed by atoms with Gasteiger partial charge in [0.1, 0.15) is 13.2 Å². The van der Waals surface area contributed by atoms with Crippen molar-refractivity contribution in [2.24, 2.45) is 4.99 Å². The molecule has 28 heavy (non-hydrogen) atoms. The van der Waals surface area contributed by atoms with E-state index >= 15 is 0 Å². The van der Waals surface area contributed by atoms with Crippen molar-refractivity contribution in [1.29, 1.82) is 0 Å². The Bertz CT molecular complexity index is 866. The second-order valence-corrected chi connectivity index (χ2v) is 7.13. The number of nitrogens with zero attached hydrogens (tertiary/aromatic N) is 1. The van der Waals surface area contributed by atoms with E-state index in [2.05, 4.69) is 45.2 Å².